The Bertz CT molecular complexity index is 219. The number of allylic oxidation sites excluding steroid dienone is 1. The molecule has 15 heavy (non-hydrogen) atoms. The van der Waals surface area contributed by atoms with Crippen LogP contribution in [-0.4, -0.2) is 24.3 Å². The average molecular weight is 209 g/mol. The van der Waals surface area contributed by atoms with Crippen molar-refractivity contribution in [3.05, 3.63) is 12.7 Å². The van der Waals surface area contributed by atoms with Crippen LogP contribution in [0.4, 0.5) is 0 Å². The predicted octanol–water partition coefficient (Wildman–Crippen LogP) is 2.09. The van der Waals surface area contributed by atoms with Gasteiger partial charge in [-0.2, -0.15) is 0 Å². The summed E-state index contributed by atoms with van der Waals surface area (Å²) >= 11 is 0. The molecule has 0 aliphatic heterocycles. The molecule has 0 amide bonds. The van der Waals surface area contributed by atoms with E-state index in [1.165, 1.54) is 32.1 Å². The first-order valence-electron chi connectivity index (χ1n) is 6.25. The molecule has 0 heterocycles. The summed E-state index contributed by atoms with van der Waals surface area (Å²) in [6.07, 6.45) is 9.53. The lowest BCUT2D eigenvalue weighted by Gasteiger charge is -2.21. The molecule has 2 aliphatic rings. The van der Waals surface area contributed by atoms with Crippen molar-refractivity contribution in [1.82, 2.24) is 5.32 Å². The van der Waals surface area contributed by atoms with Gasteiger partial charge in [0.15, 0.2) is 0 Å². The summed E-state index contributed by atoms with van der Waals surface area (Å²) in [5, 5.41) is 12.9. The van der Waals surface area contributed by atoms with Crippen molar-refractivity contribution in [3.63, 3.8) is 0 Å². The van der Waals surface area contributed by atoms with Crippen molar-refractivity contribution >= 4 is 0 Å². The quantitative estimate of drug-likeness (QED) is 0.600. The Kier molecular flexibility index (Phi) is 3.47. The lowest BCUT2D eigenvalue weighted by molar-refractivity contribution is 0.201. The van der Waals surface area contributed by atoms with Crippen LogP contribution in [0.15, 0.2) is 12.7 Å². The minimum atomic E-state index is 0.251. The number of hydrogen-bond acceptors (Lipinski definition) is 2. The maximum Gasteiger partial charge on any atom is 0.0499 e. The van der Waals surface area contributed by atoms with Crippen LogP contribution in [0.5, 0.6) is 0 Å². The third-order valence-electron chi connectivity index (χ3n) is 3.90. The van der Waals surface area contributed by atoms with E-state index in [9.17, 15) is 5.11 Å². The van der Waals surface area contributed by atoms with Gasteiger partial charge in [-0.1, -0.05) is 6.08 Å². The molecule has 2 nitrogen and oxygen atoms in total. The Morgan fingerprint density at radius 3 is 2.67 bits per heavy atom. The molecule has 2 rings (SSSR count). The molecule has 2 fully saturated rings. The zero-order valence-corrected chi connectivity index (χ0v) is 9.54. The summed E-state index contributed by atoms with van der Waals surface area (Å²) in [6.45, 7) is 5.16. The molecule has 0 spiro atoms. The first kappa shape index (κ1) is 11.2. The molecule has 2 N–H and O–H groups in total. The molecular formula is C13H23NO. The molecule has 0 aromatic carbocycles. The summed E-state index contributed by atoms with van der Waals surface area (Å²) in [7, 11) is 0. The van der Waals surface area contributed by atoms with Crippen LogP contribution in [-0.2, 0) is 0 Å². The Morgan fingerprint density at radius 1 is 1.47 bits per heavy atom. The van der Waals surface area contributed by atoms with Crippen LogP contribution < -0.4 is 5.32 Å². The number of hydrogen-bond donors (Lipinski definition) is 2. The first-order chi connectivity index (χ1) is 7.29. The second-order valence-electron chi connectivity index (χ2n) is 5.35. The van der Waals surface area contributed by atoms with Crippen molar-refractivity contribution in [3.8, 4) is 0 Å². The van der Waals surface area contributed by atoms with E-state index in [1.54, 1.807) is 0 Å². The third kappa shape index (κ3) is 3.05. The second-order valence-corrected chi connectivity index (χ2v) is 5.35. The zero-order valence-electron chi connectivity index (χ0n) is 9.54. The number of aliphatic hydroxyl groups excluding tert-OH is 1. The number of aliphatic hydroxyl groups is 1. The number of rotatable bonds is 8. The molecule has 0 aromatic rings. The topological polar surface area (TPSA) is 32.3 Å². The van der Waals surface area contributed by atoms with Crippen LogP contribution in [0.1, 0.15) is 38.5 Å². The van der Waals surface area contributed by atoms with Gasteiger partial charge >= 0.3 is 0 Å². The van der Waals surface area contributed by atoms with E-state index >= 15 is 0 Å². The number of nitrogens with one attached hydrogen (secondary N) is 1. The second kappa shape index (κ2) is 4.67. The molecule has 1 unspecified atom stereocenters. The summed E-state index contributed by atoms with van der Waals surface area (Å²) in [5.74, 6) is 0.902. The molecule has 0 saturated heterocycles. The first-order valence-corrected chi connectivity index (χ1v) is 6.25. The van der Waals surface area contributed by atoms with Crippen molar-refractivity contribution in [2.75, 3.05) is 13.2 Å². The van der Waals surface area contributed by atoms with Crippen LogP contribution in [0.3, 0.4) is 0 Å². The Labute approximate surface area is 92.8 Å². The maximum atomic E-state index is 9.24. The van der Waals surface area contributed by atoms with Gasteiger partial charge in [-0.05, 0) is 44.4 Å². The molecule has 2 saturated carbocycles. The highest BCUT2D eigenvalue weighted by Gasteiger charge is 2.42. The van der Waals surface area contributed by atoms with Crippen molar-refractivity contribution < 1.29 is 5.11 Å². The van der Waals surface area contributed by atoms with Crippen LogP contribution >= 0.6 is 0 Å². The summed E-state index contributed by atoms with van der Waals surface area (Å²) < 4.78 is 0. The smallest absolute Gasteiger partial charge is 0.0499 e. The van der Waals surface area contributed by atoms with Gasteiger partial charge in [0.25, 0.3) is 0 Å². The molecule has 0 aromatic heterocycles. The van der Waals surface area contributed by atoms with Crippen molar-refractivity contribution in [2.45, 2.75) is 44.6 Å². The fourth-order valence-electron chi connectivity index (χ4n) is 2.22. The Hall–Kier alpha value is -0.340. The largest absolute Gasteiger partial charge is 0.396 e. The van der Waals surface area contributed by atoms with Gasteiger partial charge in [0.05, 0.1) is 0 Å². The Morgan fingerprint density at radius 2 is 2.20 bits per heavy atom. The van der Waals surface area contributed by atoms with E-state index in [2.05, 4.69) is 11.9 Å². The van der Waals surface area contributed by atoms with E-state index in [4.69, 9.17) is 0 Å². The fraction of sp³-hybridized carbons (Fsp3) is 0.846. The highest BCUT2D eigenvalue weighted by molar-refractivity contribution is 4.97. The van der Waals surface area contributed by atoms with Crippen LogP contribution in [0, 0.1) is 11.3 Å². The van der Waals surface area contributed by atoms with Gasteiger partial charge in [0.1, 0.15) is 0 Å². The van der Waals surface area contributed by atoms with Crippen LogP contribution in [0.25, 0.3) is 0 Å². The SMILES string of the molecule is C=CCCC(NCC1(CO)CC1)C1CC1. The van der Waals surface area contributed by atoms with E-state index in [0.29, 0.717) is 12.6 Å². The normalized spacial score (nSPS) is 24.9. The standard InChI is InChI=1S/C13H23NO/c1-2-3-4-12(11-5-6-11)14-9-13(10-15)7-8-13/h2,11-12,14-15H,1,3-10H2. The van der Waals surface area contributed by atoms with E-state index in [1.807, 2.05) is 6.08 Å². The minimum Gasteiger partial charge on any atom is -0.396 e. The van der Waals surface area contributed by atoms with Gasteiger partial charge in [0.2, 0.25) is 0 Å². The fourth-order valence-corrected chi connectivity index (χ4v) is 2.22. The lowest BCUT2D eigenvalue weighted by Crippen LogP contribution is -2.36. The minimum absolute atomic E-state index is 0.251. The van der Waals surface area contributed by atoms with Gasteiger partial charge in [-0.25, -0.2) is 0 Å². The van der Waals surface area contributed by atoms with Crippen molar-refractivity contribution in [1.29, 1.82) is 0 Å². The summed E-state index contributed by atoms with van der Waals surface area (Å²) in [6, 6.07) is 0.673. The predicted molar refractivity (Wildman–Crippen MR) is 62.7 cm³/mol. The summed E-state index contributed by atoms with van der Waals surface area (Å²) in [4.78, 5) is 0. The monoisotopic (exact) mass is 209 g/mol. The molecule has 0 radical (unpaired) electrons. The third-order valence-corrected chi connectivity index (χ3v) is 3.90. The van der Waals surface area contributed by atoms with Gasteiger partial charge in [-0.15, -0.1) is 6.58 Å². The Balaban J connectivity index is 1.71. The summed E-state index contributed by atoms with van der Waals surface area (Å²) in [5.41, 5.74) is 0.251. The highest BCUT2D eigenvalue weighted by atomic mass is 16.3. The van der Waals surface area contributed by atoms with Gasteiger partial charge < -0.3 is 10.4 Å². The van der Waals surface area contributed by atoms with E-state index < -0.39 is 0 Å². The molecular weight excluding hydrogens is 186 g/mol. The molecule has 2 aliphatic carbocycles. The van der Waals surface area contributed by atoms with E-state index in [0.717, 1.165) is 18.9 Å². The zero-order chi connectivity index (χ0) is 10.7. The van der Waals surface area contributed by atoms with Gasteiger partial charge in [-0.3, -0.25) is 0 Å². The highest BCUT2D eigenvalue weighted by Crippen LogP contribution is 2.45. The van der Waals surface area contributed by atoms with Gasteiger partial charge in [0, 0.05) is 24.6 Å². The van der Waals surface area contributed by atoms with Crippen molar-refractivity contribution in [2.24, 2.45) is 11.3 Å². The van der Waals surface area contributed by atoms with Crippen LogP contribution in [0.2, 0.25) is 0 Å². The molecule has 1 atom stereocenters. The van der Waals surface area contributed by atoms with E-state index in [-0.39, 0.29) is 5.41 Å². The average Bonchev–Trinajstić information content (AvgIpc) is 3.13. The molecule has 86 valence electrons. The molecule has 2 heteroatoms. The lowest BCUT2D eigenvalue weighted by atomic mass is 10.0. The molecule has 0 bridgehead atoms. The maximum absolute atomic E-state index is 9.24.